The van der Waals surface area contributed by atoms with Crippen molar-refractivity contribution in [3.8, 4) is 11.6 Å². The van der Waals surface area contributed by atoms with Gasteiger partial charge >= 0.3 is 0 Å². The van der Waals surface area contributed by atoms with E-state index in [9.17, 15) is 8.92 Å². The quantitative estimate of drug-likeness (QED) is 0.200. The number of aryl methyl sites for hydroxylation is 2. The standard InChI is InChI=1S/C33H40F2N2O3/c1-5-25(12-11-24(4)39-29-15-18-37(22-29)17-8-16-34)32-30(27-19-23(3)33(36-21-27)38-6-2)10-7-9-26-20-28(40-35)13-14-31(26)32/h5,11-14,19-21,29H,1,6-10,15-18,22H2,2-4H3/b24-11+,25-12+/t29-/m0/s1. The van der Waals surface area contributed by atoms with Crippen LogP contribution in [0.25, 0.3) is 11.1 Å². The molecular weight excluding hydrogens is 510 g/mol. The SMILES string of the molecule is C=C/C(=C\C=C(/C)O[C@H]1CCN(CCCF)C1)C1=C(c2cnc(OCC)c(C)c2)CCCc2cc(OF)ccc21. The van der Waals surface area contributed by atoms with Crippen LogP contribution in [0.4, 0.5) is 8.92 Å². The molecule has 4 rings (SSSR count). The van der Waals surface area contributed by atoms with Crippen molar-refractivity contribution in [2.75, 3.05) is 32.9 Å². The number of benzene rings is 1. The Balaban J connectivity index is 1.72. The first kappa shape index (κ1) is 29.5. The third kappa shape index (κ3) is 7.19. The van der Waals surface area contributed by atoms with E-state index in [0.29, 0.717) is 18.9 Å². The first-order chi connectivity index (χ1) is 19.5. The Morgan fingerprint density at radius 2 is 2.08 bits per heavy atom. The number of hydrogen-bond donors (Lipinski definition) is 0. The average Bonchev–Trinajstić information content (AvgIpc) is 3.32. The van der Waals surface area contributed by atoms with Crippen molar-refractivity contribution < 1.29 is 23.3 Å². The predicted molar refractivity (Wildman–Crippen MR) is 157 cm³/mol. The zero-order valence-corrected chi connectivity index (χ0v) is 23.8. The fourth-order valence-corrected chi connectivity index (χ4v) is 5.59. The van der Waals surface area contributed by atoms with E-state index in [1.165, 1.54) is 0 Å². The molecule has 1 aliphatic carbocycles. The van der Waals surface area contributed by atoms with Crippen molar-refractivity contribution >= 4 is 11.1 Å². The summed E-state index contributed by atoms with van der Waals surface area (Å²) in [5, 5.41) is 0. The number of nitrogens with zero attached hydrogens (tertiary/aromatic N) is 2. The van der Waals surface area contributed by atoms with Crippen LogP contribution in [0.5, 0.6) is 11.6 Å². The topological polar surface area (TPSA) is 43.8 Å². The van der Waals surface area contributed by atoms with Crippen LogP contribution in [0, 0.1) is 6.92 Å². The van der Waals surface area contributed by atoms with Gasteiger partial charge in [0.25, 0.3) is 0 Å². The first-order valence-corrected chi connectivity index (χ1v) is 14.2. The third-order valence-corrected chi connectivity index (χ3v) is 7.47. The number of halogens is 2. The van der Waals surface area contributed by atoms with Gasteiger partial charge in [-0.15, -0.1) is 0 Å². The van der Waals surface area contributed by atoms with E-state index in [-0.39, 0.29) is 18.5 Å². The third-order valence-electron chi connectivity index (χ3n) is 7.47. The second kappa shape index (κ2) is 14.3. The summed E-state index contributed by atoms with van der Waals surface area (Å²) >= 11 is 0. The van der Waals surface area contributed by atoms with Crippen LogP contribution >= 0.6 is 0 Å². The summed E-state index contributed by atoms with van der Waals surface area (Å²) in [6.07, 6.45) is 11.9. The molecule has 0 unspecified atom stereocenters. The Morgan fingerprint density at radius 1 is 1.23 bits per heavy atom. The Labute approximate surface area is 236 Å². The van der Waals surface area contributed by atoms with Crippen LogP contribution in [0.3, 0.4) is 0 Å². The maximum absolute atomic E-state index is 13.1. The van der Waals surface area contributed by atoms with Gasteiger partial charge in [0.15, 0.2) is 5.75 Å². The molecule has 7 heteroatoms. The lowest BCUT2D eigenvalue weighted by Crippen LogP contribution is -2.24. The van der Waals surface area contributed by atoms with Gasteiger partial charge in [0.1, 0.15) is 6.10 Å². The van der Waals surface area contributed by atoms with Gasteiger partial charge in [0.2, 0.25) is 5.88 Å². The number of likely N-dealkylation sites (tertiary alicyclic amines) is 1. The van der Waals surface area contributed by atoms with E-state index in [4.69, 9.17) is 9.47 Å². The molecule has 0 amide bonds. The molecule has 0 N–H and O–H groups in total. The molecule has 2 aliphatic rings. The number of fused-ring (bicyclic) bond motifs is 1. The Bertz CT molecular complexity index is 1280. The number of aromatic nitrogens is 1. The van der Waals surface area contributed by atoms with Gasteiger partial charge in [0, 0.05) is 35.9 Å². The fraction of sp³-hybridized carbons (Fsp3) is 0.424. The minimum Gasteiger partial charge on any atom is -0.494 e. The molecule has 1 aromatic carbocycles. The van der Waals surface area contributed by atoms with Crippen molar-refractivity contribution in [2.45, 2.75) is 59.0 Å². The second-order valence-electron chi connectivity index (χ2n) is 10.4. The summed E-state index contributed by atoms with van der Waals surface area (Å²) in [6.45, 7) is 12.8. The van der Waals surface area contributed by atoms with E-state index in [1.807, 2.05) is 51.3 Å². The minimum atomic E-state index is -0.286. The van der Waals surface area contributed by atoms with Crippen molar-refractivity contribution in [3.63, 3.8) is 0 Å². The lowest BCUT2D eigenvalue weighted by Gasteiger charge is -2.18. The molecule has 214 valence electrons. The zero-order valence-electron chi connectivity index (χ0n) is 23.8. The van der Waals surface area contributed by atoms with E-state index in [1.54, 1.807) is 12.1 Å². The van der Waals surface area contributed by atoms with Gasteiger partial charge in [-0.2, -0.15) is 0 Å². The van der Waals surface area contributed by atoms with Crippen molar-refractivity contribution in [1.82, 2.24) is 9.88 Å². The largest absolute Gasteiger partial charge is 0.494 e. The molecule has 0 saturated carbocycles. The molecule has 5 nitrogen and oxygen atoms in total. The summed E-state index contributed by atoms with van der Waals surface area (Å²) in [5.74, 6) is 1.65. The summed E-state index contributed by atoms with van der Waals surface area (Å²) in [5.41, 5.74) is 7.19. The molecule has 40 heavy (non-hydrogen) atoms. The Hall–Kier alpha value is -3.45. The molecular formula is C33H40F2N2O3. The molecule has 1 fully saturated rings. The van der Waals surface area contributed by atoms with Crippen molar-refractivity contribution in [3.05, 3.63) is 88.9 Å². The highest BCUT2D eigenvalue weighted by atomic mass is 19.3. The molecule has 0 radical (unpaired) electrons. The minimum absolute atomic E-state index is 0.0989. The highest BCUT2D eigenvalue weighted by molar-refractivity contribution is 6.01. The van der Waals surface area contributed by atoms with Crippen LogP contribution < -0.4 is 9.68 Å². The molecule has 2 aromatic rings. The predicted octanol–water partition coefficient (Wildman–Crippen LogP) is 7.77. The summed E-state index contributed by atoms with van der Waals surface area (Å²) < 4.78 is 37.5. The summed E-state index contributed by atoms with van der Waals surface area (Å²) in [7, 11) is 0. The van der Waals surface area contributed by atoms with E-state index >= 15 is 0 Å². The zero-order chi connectivity index (χ0) is 28.5. The number of allylic oxidation sites excluding steroid dienone is 7. The van der Waals surface area contributed by atoms with E-state index in [2.05, 4.69) is 27.5 Å². The van der Waals surface area contributed by atoms with E-state index in [0.717, 1.165) is 90.0 Å². The summed E-state index contributed by atoms with van der Waals surface area (Å²) in [6, 6.07) is 7.48. The molecule has 2 heterocycles. The van der Waals surface area contributed by atoms with Crippen LogP contribution in [0.1, 0.15) is 61.8 Å². The lowest BCUT2D eigenvalue weighted by molar-refractivity contribution is -0.00629. The molecule has 1 atom stereocenters. The number of hydrogen-bond acceptors (Lipinski definition) is 5. The molecule has 0 bridgehead atoms. The Morgan fingerprint density at radius 3 is 2.80 bits per heavy atom. The van der Waals surface area contributed by atoms with Gasteiger partial charge in [-0.3, -0.25) is 14.2 Å². The average molecular weight is 551 g/mol. The molecule has 1 aliphatic heterocycles. The molecule has 0 spiro atoms. The van der Waals surface area contributed by atoms with Crippen LogP contribution in [-0.4, -0.2) is 48.9 Å². The first-order valence-electron chi connectivity index (χ1n) is 14.2. The highest BCUT2D eigenvalue weighted by Gasteiger charge is 2.24. The fourth-order valence-electron chi connectivity index (χ4n) is 5.59. The molecule has 1 aromatic heterocycles. The van der Waals surface area contributed by atoms with Gasteiger partial charge in [-0.25, -0.2) is 4.98 Å². The Kier molecular flexibility index (Phi) is 10.5. The normalized spacial score (nSPS) is 18.4. The lowest BCUT2D eigenvalue weighted by atomic mass is 9.87. The highest BCUT2D eigenvalue weighted by Crippen LogP contribution is 2.41. The van der Waals surface area contributed by atoms with Crippen LogP contribution in [-0.2, 0) is 11.2 Å². The van der Waals surface area contributed by atoms with E-state index < -0.39 is 0 Å². The second-order valence-corrected chi connectivity index (χ2v) is 10.4. The van der Waals surface area contributed by atoms with Crippen LogP contribution in [0.2, 0.25) is 0 Å². The van der Waals surface area contributed by atoms with Crippen LogP contribution in [0.15, 0.2) is 66.6 Å². The van der Waals surface area contributed by atoms with Crippen molar-refractivity contribution in [2.24, 2.45) is 0 Å². The maximum atomic E-state index is 13.1. The van der Waals surface area contributed by atoms with Gasteiger partial charge in [-0.1, -0.05) is 24.8 Å². The number of ether oxygens (including phenoxy) is 2. The number of pyridine rings is 1. The number of rotatable bonds is 12. The van der Waals surface area contributed by atoms with Crippen molar-refractivity contribution in [1.29, 1.82) is 0 Å². The van der Waals surface area contributed by atoms with Gasteiger partial charge in [-0.05, 0) is 111 Å². The molecule has 1 saturated heterocycles. The monoisotopic (exact) mass is 550 g/mol. The maximum Gasteiger partial charge on any atom is 0.216 e. The van der Waals surface area contributed by atoms with Gasteiger partial charge < -0.3 is 9.47 Å². The number of alkyl halides is 1. The smallest absolute Gasteiger partial charge is 0.216 e. The summed E-state index contributed by atoms with van der Waals surface area (Å²) in [4.78, 5) is 10.9. The van der Waals surface area contributed by atoms with Gasteiger partial charge in [0.05, 0.1) is 19.0 Å².